The Bertz CT molecular complexity index is 411. The topological polar surface area (TPSA) is 66.5 Å². The van der Waals surface area contributed by atoms with Crippen molar-refractivity contribution in [3.05, 3.63) is 35.1 Å². The van der Waals surface area contributed by atoms with Gasteiger partial charge in [0, 0.05) is 37.8 Å². The molecule has 2 aromatic heterocycles. The van der Waals surface area contributed by atoms with Crippen molar-refractivity contribution in [2.24, 2.45) is 0 Å². The Hall–Kier alpha value is -1.43. The van der Waals surface area contributed by atoms with Gasteiger partial charge in [0.1, 0.15) is 5.82 Å². The fourth-order valence-electron chi connectivity index (χ4n) is 1.29. The Labute approximate surface area is 102 Å². The summed E-state index contributed by atoms with van der Waals surface area (Å²) in [5.41, 5.74) is 0. The number of hydrogen-bond acceptors (Lipinski definition) is 4. The number of nitrogens with one attached hydrogen (secondary N) is 2. The van der Waals surface area contributed by atoms with Gasteiger partial charge in [-0.1, -0.05) is 0 Å². The molecule has 16 heavy (non-hydrogen) atoms. The van der Waals surface area contributed by atoms with Crippen LogP contribution in [0.5, 0.6) is 0 Å². The van der Waals surface area contributed by atoms with E-state index in [4.69, 9.17) is 0 Å². The number of rotatable bonds is 5. The predicted molar refractivity (Wildman–Crippen MR) is 65.1 cm³/mol. The first-order valence-electron chi connectivity index (χ1n) is 5.04. The van der Waals surface area contributed by atoms with Crippen molar-refractivity contribution in [2.75, 3.05) is 11.9 Å². The first-order valence-corrected chi connectivity index (χ1v) is 5.83. The molecule has 0 saturated heterocycles. The average Bonchev–Trinajstić information content (AvgIpc) is 2.80. The number of imidazole rings is 1. The van der Waals surface area contributed by atoms with Crippen molar-refractivity contribution >= 4 is 21.9 Å². The maximum Gasteiger partial charge on any atom is 0.222 e. The molecule has 0 aliphatic rings. The molecule has 0 bridgehead atoms. The van der Waals surface area contributed by atoms with Gasteiger partial charge in [-0.2, -0.15) is 0 Å². The smallest absolute Gasteiger partial charge is 0.222 e. The van der Waals surface area contributed by atoms with Gasteiger partial charge in [0.25, 0.3) is 0 Å². The van der Waals surface area contributed by atoms with Gasteiger partial charge in [-0.05, 0) is 22.4 Å². The maximum absolute atomic E-state index is 4.15. The van der Waals surface area contributed by atoms with Gasteiger partial charge >= 0.3 is 0 Å². The van der Waals surface area contributed by atoms with Crippen LogP contribution in [0.15, 0.2) is 29.3 Å². The third-order valence-corrected chi connectivity index (χ3v) is 2.46. The molecule has 2 rings (SSSR count). The Morgan fingerprint density at radius 2 is 2.06 bits per heavy atom. The number of aromatic amines is 1. The van der Waals surface area contributed by atoms with E-state index in [1.165, 1.54) is 0 Å². The minimum atomic E-state index is 0.655. The first kappa shape index (κ1) is 11.1. The van der Waals surface area contributed by atoms with Crippen LogP contribution in [-0.2, 0) is 6.42 Å². The van der Waals surface area contributed by atoms with E-state index >= 15 is 0 Å². The van der Waals surface area contributed by atoms with Crippen LogP contribution in [0.2, 0.25) is 0 Å². The minimum Gasteiger partial charge on any atom is -0.354 e. The number of aromatic nitrogens is 4. The van der Waals surface area contributed by atoms with E-state index < -0.39 is 0 Å². The Morgan fingerprint density at radius 1 is 1.25 bits per heavy atom. The zero-order chi connectivity index (χ0) is 11.2. The molecular weight excluding hydrogens is 270 g/mol. The number of nitrogens with zero attached hydrogens (tertiary/aromatic N) is 3. The number of halogens is 1. The van der Waals surface area contributed by atoms with E-state index in [-0.39, 0.29) is 0 Å². The lowest BCUT2D eigenvalue weighted by Crippen LogP contribution is -2.06. The summed E-state index contributed by atoms with van der Waals surface area (Å²) in [5.74, 6) is 1.67. The summed E-state index contributed by atoms with van der Waals surface area (Å²) in [7, 11) is 0. The highest BCUT2D eigenvalue weighted by Gasteiger charge is 1.97. The Morgan fingerprint density at radius 3 is 2.75 bits per heavy atom. The van der Waals surface area contributed by atoms with E-state index in [2.05, 4.69) is 41.2 Å². The van der Waals surface area contributed by atoms with Crippen molar-refractivity contribution in [3.8, 4) is 0 Å². The Kier molecular flexibility index (Phi) is 3.87. The zero-order valence-corrected chi connectivity index (χ0v) is 10.2. The normalized spacial score (nSPS) is 10.3. The third kappa shape index (κ3) is 3.30. The largest absolute Gasteiger partial charge is 0.354 e. The summed E-state index contributed by atoms with van der Waals surface area (Å²) in [5, 5.41) is 3.15. The van der Waals surface area contributed by atoms with Crippen LogP contribution in [0.4, 0.5) is 5.95 Å². The molecule has 0 aliphatic heterocycles. The minimum absolute atomic E-state index is 0.655. The molecular formula is C10H12BrN5. The van der Waals surface area contributed by atoms with Gasteiger partial charge in [0.15, 0.2) is 0 Å². The van der Waals surface area contributed by atoms with Crippen LogP contribution >= 0.6 is 15.9 Å². The van der Waals surface area contributed by atoms with Gasteiger partial charge in [-0.3, -0.25) is 0 Å². The highest BCUT2D eigenvalue weighted by Crippen LogP contribution is 2.06. The zero-order valence-electron chi connectivity index (χ0n) is 8.65. The first-order chi connectivity index (χ1) is 7.84. The lowest BCUT2D eigenvalue weighted by molar-refractivity contribution is 0.810. The summed E-state index contributed by atoms with van der Waals surface area (Å²) < 4.78 is 0.883. The van der Waals surface area contributed by atoms with Crippen LogP contribution in [-0.4, -0.2) is 26.5 Å². The molecule has 2 heterocycles. The SMILES string of the molecule is Brc1cnc(NCCCc2ncc[nH]2)nc1. The van der Waals surface area contributed by atoms with Crippen molar-refractivity contribution in [3.63, 3.8) is 0 Å². The molecule has 84 valence electrons. The molecule has 2 N–H and O–H groups in total. The molecule has 2 aromatic rings. The lowest BCUT2D eigenvalue weighted by atomic mass is 10.3. The molecule has 0 fully saturated rings. The number of hydrogen-bond donors (Lipinski definition) is 2. The summed E-state index contributed by atoms with van der Waals surface area (Å²) in [6, 6.07) is 0. The highest BCUT2D eigenvalue weighted by molar-refractivity contribution is 9.10. The average molecular weight is 282 g/mol. The summed E-state index contributed by atoms with van der Waals surface area (Å²) in [6.07, 6.45) is 8.97. The summed E-state index contributed by atoms with van der Waals surface area (Å²) >= 11 is 3.29. The lowest BCUT2D eigenvalue weighted by Gasteiger charge is -2.03. The van der Waals surface area contributed by atoms with Gasteiger partial charge in [0.2, 0.25) is 5.95 Å². The van der Waals surface area contributed by atoms with Crippen LogP contribution in [0.1, 0.15) is 12.2 Å². The van der Waals surface area contributed by atoms with Gasteiger partial charge < -0.3 is 10.3 Å². The fraction of sp³-hybridized carbons (Fsp3) is 0.300. The standard InChI is InChI=1S/C10H12BrN5/c11-8-6-15-10(16-7-8)14-3-1-2-9-12-4-5-13-9/h4-7H,1-3H2,(H,12,13)(H,14,15,16). The second kappa shape index (κ2) is 5.60. The number of anilines is 1. The second-order valence-electron chi connectivity index (χ2n) is 3.29. The van der Waals surface area contributed by atoms with Crippen LogP contribution in [0.3, 0.4) is 0 Å². The Balaban J connectivity index is 1.70. The predicted octanol–water partition coefficient (Wildman–Crippen LogP) is 2.01. The monoisotopic (exact) mass is 281 g/mol. The van der Waals surface area contributed by atoms with Crippen LogP contribution < -0.4 is 5.32 Å². The van der Waals surface area contributed by atoms with Crippen molar-refractivity contribution in [2.45, 2.75) is 12.8 Å². The van der Waals surface area contributed by atoms with E-state index in [9.17, 15) is 0 Å². The van der Waals surface area contributed by atoms with Gasteiger partial charge in [-0.15, -0.1) is 0 Å². The molecule has 0 amide bonds. The molecule has 0 spiro atoms. The van der Waals surface area contributed by atoms with E-state index in [1.807, 2.05) is 6.20 Å². The van der Waals surface area contributed by atoms with Crippen molar-refractivity contribution < 1.29 is 0 Å². The van der Waals surface area contributed by atoms with Gasteiger partial charge in [-0.25, -0.2) is 15.0 Å². The van der Waals surface area contributed by atoms with E-state index in [1.54, 1.807) is 18.6 Å². The quantitative estimate of drug-likeness (QED) is 0.823. The van der Waals surface area contributed by atoms with Crippen molar-refractivity contribution in [1.29, 1.82) is 0 Å². The molecule has 0 aliphatic carbocycles. The molecule has 0 aromatic carbocycles. The van der Waals surface area contributed by atoms with Gasteiger partial charge in [0.05, 0.1) is 4.47 Å². The summed E-state index contributed by atoms with van der Waals surface area (Å²) in [4.78, 5) is 15.5. The maximum atomic E-state index is 4.15. The van der Waals surface area contributed by atoms with E-state index in [0.717, 1.165) is 29.7 Å². The fourth-order valence-corrected chi connectivity index (χ4v) is 1.50. The molecule has 6 heteroatoms. The molecule has 0 unspecified atom stereocenters. The molecule has 5 nitrogen and oxygen atoms in total. The molecule has 0 atom stereocenters. The summed E-state index contributed by atoms with van der Waals surface area (Å²) in [6.45, 7) is 0.836. The number of aryl methyl sites for hydroxylation is 1. The highest BCUT2D eigenvalue weighted by atomic mass is 79.9. The third-order valence-electron chi connectivity index (χ3n) is 2.05. The molecule has 0 saturated carbocycles. The van der Waals surface area contributed by atoms with E-state index in [0.29, 0.717) is 5.95 Å². The second-order valence-corrected chi connectivity index (χ2v) is 4.21. The molecule has 0 radical (unpaired) electrons. The number of H-pyrrole nitrogens is 1. The van der Waals surface area contributed by atoms with Crippen molar-refractivity contribution in [1.82, 2.24) is 19.9 Å². The van der Waals surface area contributed by atoms with Crippen LogP contribution in [0.25, 0.3) is 0 Å². The van der Waals surface area contributed by atoms with Crippen LogP contribution in [0, 0.1) is 0 Å².